The molecule has 3 aromatic carbocycles. The summed E-state index contributed by atoms with van der Waals surface area (Å²) in [7, 11) is 0. The summed E-state index contributed by atoms with van der Waals surface area (Å²) in [6, 6.07) is 29.8. The first-order valence-electron chi connectivity index (χ1n) is 12.5. The van der Waals surface area contributed by atoms with Crippen LogP contribution in [0.2, 0.25) is 0 Å². The van der Waals surface area contributed by atoms with Crippen molar-refractivity contribution in [2.75, 3.05) is 6.61 Å². The van der Waals surface area contributed by atoms with Crippen LogP contribution in [0.3, 0.4) is 0 Å². The fourth-order valence-corrected chi connectivity index (χ4v) is 5.23. The summed E-state index contributed by atoms with van der Waals surface area (Å²) >= 11 is 0. The molecule has 3 aromatic rings. The lowest BCUT2D eigenvalue weighted by Crippen LogP contribution is -2.44. The van der Waals surface area contributed by atoms with Gasteiger partial charge < -0.3 is 28.8 Å². The third kappa shape index (κ3) is 5.06. The Morgan fingerprint density at radius 2 is 1.32 bits per heavy atom. The molecule has 0 radical (unpaired) electrons. The van der Waals surface area contributed by atoms with Gasteiger partial charge in [-0.05, 0) is 30.5 Å². The van der Waals surface area contributed by atoms with Crippen molar-refractivity contribution >= 4 is 5.97 Å². The van der Waals surface area contributed by atoms with Gasteiger partial charge in [0, 0.05) is 6.92 Å². The molecule has 7 heteroatoms. The quantitative estimate of drug-likeness (QED) is 0.364. The number of aliphatic hydroxyl groups excluding tert-OH is 1. The van der Waals surface area contributed by atoms with E-state index in [4.69, 9.17) is 23.7 Å². The Bertz CT molecular complexity index is 1090. The average Bonchev–Trinajstić information content (AvgIpc) is 3.39. The van der Waals surface area contributed by atoms with Gasteiger partial charge in [-0.1, -0.05) is 91.0 Å². The third-order valence-electron chi connectivity index (χ3n) is 6.72. The lowest BCUT2D eigenvalue weighted by molar-refractivity contribution is -0.242. The molecular weight excluding hydrogens is 472 g/mol. The van der Waals surface area contributed by atoms with E-state index in [9.17, 15) is 9.90 Å². The van der Waals surface area contributed by atoms with Crippen molar-refractivity contribution < 1.29 is 33.6 Å². The smallest absolute Gasteiger partial charge is 0.305 e. The minimum Gasteiger partial charge on any atom is -0.433 e. The molecule has 0 unspecified atom stereocenters. The van der Waals surface area contributed by atoms with E-state index in [0.717, 1.165) is 16.7 Å². The first-order valence-corrected chi connectivity index (χ1v) is 12.5. The monoisotopic (exact) mass is 504 g/mol. The molecule has 7 nitrogen and oxygen atoms in total. The van der Waals surface area contributed by atoms with Crippen LogP contribution in [0.5, 0.6) is 0 Å². The molecule has 194 valence electrons. The molecule has 37 heavy (non-hydrogen) atoms. The Balaban J connectivity index is 1.48. The normalized spacial score (nSPS) is 25.4. The predicted octanol–water partition coefficient (Wildman–Crippen LogP) is 4.16. The summed E-state index contributed by atoms with van der Waals surface area (Å²) < 4.78 is 30.0. The standard InChI is InChI=1S/C30H32O7/c1-20(31)34-28-27-26(36-29(2,3)37-27)25(35-28)24(32)19-33-30(21-13-7-4-8-14-21,22-15-9-5-10-16-22)23-17-11-6-12-18-23/h4-18,24-28,32H,19H2,1-3H3/t24-,25-,26+,27+,28+/m1/s1. The van der Waals surface area contributed by atoms with Crippen LogP contribution in [0.4, 0.5) is 0 Å². The molecule has 0 amide bonds. The molecular formula is C30H32O7. The second-order valence-electron chi connectivity index (χ2n) is 9.80. The van der Waals surface area contributed by atoms with Gasteiger partial charge in [0.25, 0.3) is 0 Å². The Kier molecular flexibility index (Phi) is 7.16. The first-order chi connectivity index (χ1) is 17.8. The third-order valence-corrected chi connectivity index (χ3v) is 6.72. The maximum absolute atomic E-state index is 11.7. The minimum atomic E-state index is -1.10. The van der Waals surface area contributed by atoms with Crippen molar-refractivity contribution in [2.24, 2.45) is 0 Å². The molecule has 2 aliphatic heterocycles. The van der Waals surface area contributed by atoms with Crippen molar-refractivity contribution in [3.05, 3.63) is 108 Å². The van der Waals surface area contributed by atoms with Gasteiger partial charge in [0.05, 0.1) is 6.61 Å². The number of rotatable bonds is 8. The van der Waals surface area contributed by atoms with Gasteiger partial charge in [-0.25, -0.2) is 0 Å². The van der Waals surface area contributed by atoms with Crippen LogP contribution in [0.25, 0.3) is 0 Å². The number of benzene rings is 3. The average molecular weight is 505 g/mol. The molecule has 2 fully saturated rings. The maximum atomic E-state index is 11.7. The highest BCUT2D eigenvalue weighted by Gasteiger charge is 2.58. The van der Waals surface area contributed by atoms with E-state index in [0.29, 0.717) is 0 Å². The van der Waals surface area contributed by atoms with E-state index in [1.54, 1.807) is 13.8 Å². The summed E-state index contributed by atoms with van der Waals surface area (Å²) in [4.78, 5) is 11.7. The van der Waals surface area contributed by atoms with Crippen molar-refractivity contribution in [1.82, 2.24) is 0 Å². The Labute approximate surface area is 216 Å². The lowest BCUT2D eigenvalue weighted by Gasteiger charge is -2.37. The zero-order valence-electron chi connectivity index (χ0n) is 21.2. The number of carbonyl (C=O) groups excluding carboxylic acids is 1. The molecule has 2 heterocycles. The van der Waals surface area contributed by atoms with Crippen LogP contribution < -0.4 is 0 Å². The summed E-state index contributed by atoms with van der Waals surface area (Å²) in [5, 5.41) is 11.4. The van der Waals surface area contributed by atoms with E-state index in [1.165, 1.54) is 6.92 Å². The van der Waals surface area contributed by atoms with E-state index < -0.39 is 48.1 Å². The lowest BCUT2D eigenvalue weighted by atomic mass is 9.80. The summed E-state index contributed by atoms with van der Waals surface area (Å²) in [5.41, 5.74) is 1.77. The molecule has 0 aliphatic carbocycles. The summed E-state index contributed by atoms with van der Waals surface area (Å²) in [6.45, 7) is 4.78. The zero-order chi connectivity index (χ0) is 26.0. The molecule has 0 spiro atoms. The van der Waals surface area contributed by atoms with Gasteiger partial charge >= 0.3 is 5.97 Å². The molecule has 5 rings (SSSR count). The number of aliphatic hydroxyl groups is 1. The van der Waals surface area contributed by atoms with Crippen LogP contribution in [0.1, 0.15) is 37.5 Å². The fraction of sp³-hybridized carbons (Fsp3) is 0.367. The second-order valence-corrected chi connectivity index (χ2v) is 9.80. The molecule has 2 aliphatic rings. The zero-order valence-corrected chi connectivity index (χ0v) is 21.2. The SMILES string of the molecule is CC(=O)O[C@H]1O[C@H]([C@H](O)COC(c2ccccc2)(c2ccccc2)c2ccccc2)[C@@H]2OC(C)(C)O[C@H]12. The van der Waals surface area contributed by atoms with Crippen LogP contribution in [-0.4, -0.2) is 54.2 Å². The van der Waals surface area contributed by atoms with Crippen LogP contribution in [-0.2, 0) is 34.1 Å². The highest BCUT2D eigenvalue weighted by molar-refractivity contribution is 5.66. The van der Waals surface area contributed by atoms with Gasteiger partial charge in [-0.3, -0.25) is 4.79 Å². The number of hydrogen-bond donors (Lipinski definition) is 1. The number of esters is 1. The minimum absolute atomic E-state index is 0.0802. The fourth-order valence-electron chi connectivity index (χ4n) is 5.23. The molecule has 5 atom stereocenters. The van der Waals surface area contributed by atoms with E-state index in [2.05, 4.69) is 0 Å². The molecule has 2 saturated heterocycles. The van der Waals surface area contributed by atoms with Gasteiger partial charge in [-0.2, -0.15) is 0 Å². The molecule has 0 bridgehead atoms. The number of hydrogen-bond acceptors (Lipinski definition) is 7. The van der Waals surface area contributed by atoms with Crippen LogP contribution >= 0.6 is 0 Å². The largest absolute Gasteiger partial charge is 0.433 e. The topological polar surface area (TPSA) is 83.5 Å². The summed E-state index contributed by atoms with van der Waals surface area (Å²) in [5.74, 6) is -1.40. The maximum Gasteiger partial charge on any atom is 0.305 e. The van der Waals surface area contributed by atoms with E-state index in [1.807, 2.05) is 91.0 Å². The van der Waals surface area contributed by atoms with Gasteiger partial charge in [0.2, 0.25) is 6.29 Å². The number of carbonyl (C=O) groups is 1. The molecule has 1 N–H and O–H groups in total. The van der Waals surface area contributed by atoms with E-state index >= 15 is 0 Å². The Morgan fingerprint density at radius 3 is 1.78 bits per heavy atom. The Morgan fingerprint density at radius 1 is 0.865 bits per heavy atom. The molecule has 0 saturated carbocycles. The van der Waals surface area contributed by atoms with Crippen molar-refractivity contribution in [3.63, 3.8) is 0 Å². The van der Waals surface area contributed by atoms with Gasteiger partial charge in [0.15, 0.2) is 11.9 Å². The second kappa shape index (κ2) is 10.4. The van der Waals surface area contributed by atoms with Crippen LogP contribution in [0, 0.1) is 0 Å². The summed E-state index contributed by atoms with van der Waals surface area (Å²) in [6.07, 6.45) is -4.18. The van der Waals surface area contributed by atoms with Crippen molar-refractivity contribution in [2.45, 2.75) is 62.9 Å². The highest BCUT2D eigenvalue weighted by atomic mass is 16.8. The number of fused-ring (bicyclic) bond motifs is 1. The van der Waals surface area contributed by atoms with Gasteiger partial charge in [-0.15, -0.1) is 0 Å². The number of ether oxygens (including phenoxy) is 5. The predicted molar refractivity (Wildman–Crippen MR) is 135 cm³/mol. The highest BCUT2D eigenvalue weighted by Crippen LogP contribution is 2.43. The van der Waals surface area contributed by atoms with E-state index in [-0.39, 0.29) is 6.61 Å². The van der Waals surface area contributed by atoms with Crippen molar-refractivity contribution in [1.29, 1.82) is 0 Å². The van der Waals surface area contributed by atoms with Crippen LogP contribution in [0.15, 0.2) is 91.0 Å². The van der Waals surface area contributed by atoms with Gasteiger partial charge in [0.1, 0.15) is 23.9 Å². The first kappa shape index (κ1) is 25.6. The Hall–Kier alpha value is -3.07. The van der Waals surface area contributed by atoms with Crippen molar-refractivity contribution in [3.8, 4) is 0 Å². The molecule has 0 aromatic heterocycles.